The SMILES string of the molecule is O=C(NCC1CC(O)C1)c1ccccc1S. The molecular weight excluding hydrogens is 222 g/mol. The van der Waals surface area contributed by atoms with E-state index in [1.807, 2.05) is 12.1 Å². The molecule has 86 valence electrons. The molecule has 0 saturated heterocycles. The lowest BCUT2D eigenvalue weighted by Crippen LogP contribution is -2.38. The molecule has 0 atom stereocenters. The van der Waals surface area contributed by atoms with E-state index < -0.39 is 0 Å². The number of nitrogens with one attached hydrogen (secondary N) is 1. The third-order valence-electron chi connectivity index (χ3n) is 2.91. The molecule has 0 unspecified atom stereocenters. The molecule has 4 heteroatoms. The zero-order chi connectivity index (χ0) is 11.5. The fraction of sp³-hybridized carbons (Fsp3) is 0.417. The summed E-state index contributed by atoms with van der Waals surface area (Å²) < 4.78 is 0. The summed E-state index contributed by atoms with van der Waals surface area (Å²) in [5, 5.41) is 12.0. The first kappa shape index (κ1) is 11.5. The molecule has 2 rings (SSSR count). The van der Waals surface area contributed by atoms with Crippen LogP contribution in [0.5, 0.6) is 0 Å². The highest BCUT2D eigenvalue weighted by Gasteiger charge is 2.27. The second kappa shape index (κ2) is 4.89. The van der Waals surface area contributed by atoms with Gasteiger partial charge in [-0.1, -0.05) is 12.1 Å². The Morgan fingerprint density at radius 2 is 2.12 bits per heavy atom. The van der Waals surface area contributed by atoms with Gasteiger partial charge in [-0.25, -0.2) is 0 Å². The fourth-order valence-corrected chi connectivity index (χ4v) is 2.13. The third kappa shape index (κ3) is 2.57. The van der Waals surface area contributed by atoms with Crippen molar-refractivity contribution in [1.82, 2.24) is 5.32 Å². The quantitative estimate of drug-likeness (QED) is 0.697. The van der Waals surface area contributed by atoms with Gasteiger partial charge in [0.05, 0.1) is 11.7 Å². The number of hydrogen-bond acceptors (Lipinski definition) is 3. The number of thiol groups is 1. The Balaban J connectivity index is 1.86. The van der Waals surface area contributed by atoms with Crippen molar-refractivity contribution in [2.75, 3.05) is 6.54 Å². The van der Waals surface area contributed by atoms with Crippen LogP contribution in [-0.4, -0.2) is 23.7 Å². The number of carbonyl (C=O) groups is 1. The Kier molecular flexibility index (Phi) is 3.51. The highest BCUT2D eigenvalue weighted by molar-refractivity contribution is 7.80. The van der Waals surface area contributed by atoms with Crippen LogP contribution >= 0.6 is 12.6 Å². The second-order valence-electron chi connectivity index (χ2n) is 4.22. The van der Waals surface area contributed by atoms with Crippen molar-refractivity contribution in [2.24, 2.45) is 5.92 Å². The molecule has 0 aromatic heterocycles. The second-order valence-corrected chi connectivity index (χ2v) is 4.70. The van der Waals surface area contributed by atoms with E-state index >= 15 is 0 Å². The summed E-state index contributed by atoms with van der Waals surface area (Å²) >= 11 is 4.23. The van der Waals surface area contributed by atoms with Gasteiger partial charge in [0.1, 0.15) is 0 Å². The average molecular weight is 237 g/mol. The van der Waals surface area contributed by atoms with E-state index in [0.717, 1.165) is 12.8 Å². The van der Waals surface area contributed by atoms with Crippen LogP contribution in [0.4, 0.5) is 0 Å². The summed E-state index contributed by atoms with van der Waals surface area (Å²) in [7, 11) is 0. The number of amides is 1. The van der Waals surface area contributed by atoms with Gasteiger partial charge < -0.3 is 10.4 Å². The summed E-state index contributed by atoms with van der Waals surface area (Å²) in [6.45, 7) is 0.637. The minimum atomic E-state index is -0.168. The first-order chi connectivity index (χ1) is 7.66. The highest BCUT2D eigenvalue weighted by atomic mass is 32.1. The number of rotatable bonds is 3. The van der Waals surface area contributed by atoms with Crippen LogP contribution in [0.1, 0.15) is 23.2 Å². The van der Waals surface area contributed by atoms with Gasteiger partial charge >= 0.3 is 0 Å². The predicted molar refractivity (Wildman–Crippen MR) is 64.8 cm³/mol. The van der Waals surface area contributed by atoms with Crippen molar-refractivity contribution in [3.63, 3.8) is 0 Å². The lowest BCUT2D eigenvalue weighted by molar-refractivity contribution is 0.0420. The van der Waals surface area contributed by atoms with E-state index in [9.17, 15) is 4.79 Å². The standard InChI is InChI=1S/C12H15NO2S/c14-9-5-8(6-9)7-13-12(15)10-3-1-2-4-11(10)16/h1-4,8-9,14,16H,5-7H2,(H,13,15). The van der Waals surface area contributed by atoms with E-state index in [4.69, 9.17) is 5.11 Å². The molecule has 1 amide bonds. The number of benzene rings is 1. The smallest absolute Gasteiger partial charge is 0.252 e. The molecule has 0 heterocycles. The summed E-state index contributed by atoms with van der Waals surface area (Å²) in [6, 6.07) is 7.22. The maximum Gasteiger partial charge on any atom is 0.252 e. The Hall–Kier alpha value is -1.00. The van der Waals surface area contributed by atoms with Gasteiger partial charge in [0.2, 0.25) is 0 Å². The van der Waals surface area contributed by atoms with E-state index in [-0.39, 0.29) is 12.0 Å². The molecule has 0 bridgehead atoms. The van der Waals surface area contributed by atoms with E-state index in [0.29, 0.717) is 22.9 Å². The summed E-state index contributed by atoms with van der Waals surface area (Å²) in [5.74, 6) is 0.331. The maximum atomic E-state index is 11.8. The lowest BCUT2D eigenvalue weighted by atomic mass is 9.82. The molecule has 1 aromatic carbocycles. The van der Waals surface area contributed by atoms with Gasteiger partial charge in [-0.3, -0.25) is 4.79 Å². The normalized spacial score (nSPS) is 23.6. The van der Waals surface area contributed by atoms with Gasteiger partial charge in [0, 0.05) is 11.4 Å². The Bertz CT molecular complexity index is 388. The summed E-state index contributed by atoms with van der Waals surface area (Å²) in [5.41, 5.74) is 0.603. The summed E-state index contributed by atoms with van der Waals surface area (Å²) in [4.78, 5) is 12.5. The van der Waals surface area contributed by atoms with Gasteiger partial charge in [-0.15, -0.1) is 12.6 Å². The minimum Gasteiger partial charge on any atom is -0.393 e. The zero-order valence-electron chi connectivity index (χ0n) is 8.89. The molecule has 1 aromatic rings. The molecule has 0 radical (unpaired) electrons. The van der Waals surface area contributed by atoms with E-state index in [1.165, 1.54) is 0 Å². The highest BCUT2D eigenvalue weighted by Crippen LogP contribution is 2.26. The molecule has 0 spiro atoms. The van der Waals surface area contributed by atoms with Crippen LogP contribution in [0, 0.1) is 5.92 Å². The Morgan fingerprint density at radius 1 is 1.44 bits per heavy atom. The van der Waals surface area contributed by atoms with Gasteiger partial charge in [0.15, 0.2) is 0 Å². The van der Waals surface area contributed by atoms with Crippen molar-refractivity contribution in [2.45, 2.75) is 23.8 Å². The Labute approximate surface area is 100 Å². The van der Waals surface area contributed by atoms with Crippen LogP contribution in [0.25, 0.3) is 0 Å². The fourth-order valence-electron chi connectivity index (χ4n) is 1.87. The summed E-state index contributed by atoms with van der Waals surface area (Å²) in [6.07, 6.45) is 1.42. The van der Waals surface area contributed by atoms with Crippen molar-refractivity contribution < 1.29 is 9.90 Å². The average Bonchev–Trinajstić information content (AvgIpc) is 2.23. The van der Waals surface area contributed by atoms with Crippen LogP contribution in [-0.2, 0) is 0 Å². The monoisotopic (exact) mass is 237 g/mol. The molecular formula is C12H15NO2S. The van der Waals surface area contributed by atoms with Crippen molar-refractivity contribution in [1.29, 1.82) is 0 Å². The number of aliphatic hydroxyl groups excluding tert-OH is 1. The molecule has 1 fully saturated rings. The first-order valence-electron chi connectivity index (χ1n) is 5.41. The largest absolute Gasteiger partial charge is 0.393 e. The van der Waals surface area contributed by atoms with Crippen LogP contribution in [0.15, 0.2) is 29.2 Å². The van der Waals surface area contributed by atoms with Crippen molar-refractivity contribution in [3.05, 3.63) is 29.8 Å². The lowest BCUT2D eigenvalue weighted by Gasteiger charge is -2.31. The molecule has 0 aliphatic heterocycles. The van der Waals surface area contributed by atoms with Gasteiger partial charge in [-0.2, -0.15) is 0 Å². The molecule has 2 N–H and O–H groups in total. The molecule has 1 aliphatic carbocycles. The van der Waals surface area contributed by atoms with Gasteiger partial charge in [-0.05, 0) is 30.9 Å². The molecule has 16 heavy (non-hydrogen) atoms. The van der Waals surface area contributed by atoms with Crippen LogP contribution in [0.3, 0.4) is 0 Å². The zero-order valence-corrected chi connectivity index (χ0v) is 9.78. The number of aliphatic hydroxyl groups is 1. The molecule has 3 nitrogen and oxygen atoms in total. The first-order valence-corrected chi connectivity index (χ1v) is 5.86. The number of carbonyl (C=O) groups excluding carboxylic acids is 1. The molecule has 1 saturated carbocycles. The topological polar surface area (TPSA) is 49.3 Å². The third-order valence-corrected chi connectivity index (χ3v) is 3.30. The Morgan fingerprint density at radius 3 is 2.75 bits per heavy atom. The van der Waals surface area contributed by atoms with Gasteiger partial charge in [0.25, 0.3) is 5.91 Å². The van der Waals surface area contributed by atoms with E-state index in [1.54, 1.807) is 12.1 Å². The van der Waals surface area contributed by atoms with Crippen molar-refractivity contribution >= 4 is 18.5 Å². The van der Waals surface area contributed by atoms with E-state index in [2.05, 4.69) is 17.9 Å². The minimum absolute atomic E-state index is 0.0908. The predicted octanol–water partition coefficient (Wildman–Crippen LogP) is 1.48. The van der Waals surface area contributed by atoms with Crippen LogP contribution in [0.2, 0.25) is 0 Å². The molecule has 1 aliphatic rings. The number of hydrogen-bond donors (Lipinski definition) is 3. The maximum absolute atomic E-state index is 11.8. The van der Waals surface area contributed by atoms with Crippen LogP contribution < -0.4 is 5.32 Å². The van der Waals surface area contributed by atoms with Crippen molar-refractivity contribution in [3.8, 4) is 0 Å².